The number of carbonyl (C=O) groups is 1. The summed E-state index contributed by atoms with van der Waals surface area (Å²) in [6.07, 6.45) is 2.48. The zero-order valence-corrected chi connectivity index (χ0v) is 15.5. The molecular weight excluding hydrogens is 330 g/mol. The molecule has 7 heteroatoms. The van der Waals surface area contributed by atoms with E-state index in [1.165, 1.54) is 10.5 Å². The fourth-order valence-electron chi connectivity index (χ4n) is 3.05. The van der Waals surface area contributed by atoms with Crippen LogP contribution in [0.4, 0.5) is 0 Å². The second-order valence-electron chi connectivity index (χ2n) is 6.48. The molecule has 0 radical (unpaired) electrons. The van der Waals surface area contributed by atoms with E-state index in [-0.39, 0.29) is 28.6 Å². The average Bonchev–Trinajstić information content (AvgIpc) is 2.62. The summed E-state index contributed by atoms with van der Waals surface area (Å²) in [6.45, 7) is 8.13. The molecule has 0 aliphatic carbocycles. The van der Waals surface area contributed by atoms with Crippen molar-refractivity contribution in [2.45, 2.75) is 40.2 Å². The Bertz CT molecular complexity index is 1130. The molecule has 0 saturated heterocycles. The number of hydrogen-bond donors (Lipinski definition) is 2. The van der Waals surface area contributed by atoms with E-state index < -0.39 is 0 Å². The van der Waals surface area contributed by atoms with Crippen molar-refractivity contribution in [1.29, 1.82) is 5.41 Å². The molecule has 1 amide bonds. The number of fused-ring (bicyclic) bond motifs is 2. The Morgan fingerprint density at radius 3 is 2.73 bits per heavy atom. The van der Waals surface area contributed by atoms with Crippen LogP contribution >= 0.6 is 0 Å². The first-order valence-electron chi connectivity index (χ1n) is 8.80. The van der Waals surface area contributed by atoms with Crippen LogP contribution in [-0.4, -0.2) is 26.4 Å². The van der Waals surface area contributed by atoms with E-state index in [0.717, 1.165) is 12.0 Å². The number of aryl methyl sites for hydroxylation is 1. The van der Waals surface area contributed by atoms with E-state index in [9.17, 15) is 9.59 Å². The Kier molecular flexibility index (Phi) is 4.63. The average molecular weight is 353 g/mol. The van der Waals surface area contributed by atoms with Crippen molar-refractivity contribution in [3.8, 4) is 0 Å². The van der Waals surface area contributed by atoms with E-state index in [2.05, 4.69) is 10.3 Å². The zero-order valence-electron chi connectivity index (χ0n) is 15.5. The maximum atomic E-state index is 13.1. The van der Waals surface area contributed by atoms with Gasteiger partial charge in [0, 0.05) is 18.8 Å². The molecular formula is C19H23N5O2. The fourth-order valence-corrected chi connectivity index (χ4v) is 3.05. The highest BCUT2D eigenvalue weighted by Crippen LogP contribution is 2.16. The molecule has 3 rings (SSSR count). The van der Waals surface area contributed by atoms with Crippen molar-refractivity contribution >= 4 is 22.6 Å². The van der Waals surface area contributed by atoms with Gasteiger partial charge in [0.15, 0.2) is 0 Å². The molecule has 3 aromatic heterocycles. The lowest BCUT2D eigenvalue weighted by atomic mass is 10.1. The molecule has 0 aromatic carbocycles. The van der Waals surface area contributed by atoms with E-state index >= 15 is 0 Å². The van der Waals surface area contributed by atoms with Gasteiger partial charge in [0.2, 0.25) is 0 Å². The molecule has 0 spiro atoms. The Morgan fingerprint density at radius 2 is 2.08 bits per heavy atom. The number of nitrogens with zero attached hydrogens (tertiary/aromatic N) is 3. The third kappa shape index (κ3) is 2.79. The Hall–Kier alpha value is -2.96. The molecule has 0 fully saturated rings. The van der Waals surface area contributed by atoms with Gasteiger partial charge in [0.1, 0.15) is 16.8 Å². The number of aromatic nitrogens is 3. The minimum atomic E-state index is -0.356. The SMILES string of the molecule is CCNC(=O)c1cc2c(=O)n3cc(C)ccc3nc2n(C(C)CC)c1=N. The first kappa shape index (κ1) is 17.8. The van der Waals surface area contributed by atoms with Crippen molar-refractivity contribution in [3.63, 3.8) is 0 Å². The summed E-state index contributed by atoms with van der Waals surface area (Å²) in [6, 6.07) is 5.11. The molecule has 0 aliphatic heterocycles. The molecule has 136 valence electrons. The summed E-state index contributed by atoms with van der Waals surface area (Å²) in [7, 11) is 0. The molecule has 0 bridgehead atoms. The maximum Gasteiger partial charge on any atom is 0.267 e. The van der Waals surface area contributed by atoms with Crippen molar-refractivity contribution in [3.05, 3.63) is 51.4 Å². The smallest absolute Gasteiger partial charge is 0.267 e. The maximum absolute atomic E-state index is 13.1. The van der Waals surface area contributed by atoms with Crippen LogP contribution in [0.1, 0.15) is 49.2 Å². The molecule has 2 N–H and O–H groups in total. The molecule has 7 nitrogen and oxygen atoms in total. The summed E-state index contributed by atoms with van der Waals surface area (Å²) in [4.78, 5) is 30.1. The van der Waals surface area contributed by atoms with E-state index in [0.29, 0.717) is 23.2 Å². The summed E-state index contributed by atoms with van der Waals surface area (Å²) in [5.41, 5.74) is 1.92. The van der Waals surface area contributed by atoms with Gasteiger partial charge in [0.25, 0.3) is 11.5 Å². The number of rotatable bonds is 4. The first-order valence-corrected chi connectivity index (χ1v) is 8.80. The van der Waals surface area contributed by atoms with Gasteiger partial charge in [-0.2, -0.15) is 0 Å². The first-order chi connectivity index (χ1) is 12.4. The minimum Gasteiger partial charge on any atom is -0.352 e. The second-order valence-corrected chi connectivity index (χ2v) is 6.48. The molecule has 0 aliphatic rings. The second kappa shape index (κ2) is 6.74. The quantitative estimate of drug-likeness (QED) is 0.704. The highest BCUT2D eigenvalue weighted by Gasteiger charge is 2.19. The molecule has 1 unspecified atom stereocenters. The van der Waals surface area contributed by atoms with Crippen LogP contribution in [0.2, 0.25) is 0 Å². The van der Waals surface area contributed by atoms with E-state index in [1.54, 1.807) is 16.8 Å². The summed E-state index contributed by atoms with van der Waals surface area (Å²) in [5.74, 6) is -0.356. The van der Waals surface area contributed by atoms with Gasteiger partial charge in [-0.25, -0.2) is 4.98 Å². The molecule has 26 heavy (non-hydrogen) atoms. The van der Waals surface area contributed by atoms with Gasteiger partial charge in [-0.05, 0) is 44.9 Å². The standard InChI is InChI=1S/C19H23N5O2/c1-5-12(4)24-16(20)13(18(25)21-6-2)9-14-17(24)22-15-8-7-11(3)10-23(15)19(14)26/h7-10,12,20H,5-6H2,1-4H3,(H,21,25). The van der Waals surface area contributed by atoms with Crippen molar-refractivity contribution in [1.82, 2.24) is 19.3 Å². The van der Waals surface area contributed by atoms with Crippen LogP contribution in [0, 0.1) is 12.3 Å². The normalized spacial score (nSPS) is 12.5. The minimum absolute atomic E-state index is 0.0702. The van der Waals surface area contributed by atoms with Crippen LogP contribution in [0.25, 0.3) is 16.7 Å². The summed E-state index contributed by atoms with van der Waals surface area (Å²) >= 11 is 0. The van der Waals surface area contributed by atoms with Crippen molar-refractivity contribution in [2.24, 2.45) is 0 Å². The van der Waals surface area contributed by atoms with Crippen molar-refractivity contribution < 1.29 is 4.79 Å². The lowest BCUT2D eigenvalue weighted by molar-refractivity contribution is 0.0953. The largest absolute Gasteiger partial charge is 0.352 e. The number of nitrogens with one attached hydrogen (secondary N) is 2. The predicted molar refractivity (Wildman–Crippen MR) is 101 cm³/mol. The molecule has 3 heterocycles. The van der Waals surface area contributed by atoms with E-state index in [4.69, 9.17) is 5.41 Å². The number of carbonyl (C=O) groups excluding carboxylic acids is 1. The number of hydrogen-bond acceptors (Lipinski definition) is 4. The van der Waals surface area contributed by atoms with E-state index in [1.807, 2.05) is 33.8 Å². The highest BCUT2D eigenvalue weighted by molar-refractivity contribution is 5.96. The van der Waals surface area contributed by atoms with Crippen LogP contribution in [0.3, 0.4) is 0 Å². The fraction of sp³-hybridized carbons (Fsp3) is 0.368. The summed E-state index contributed by atoms with van der Waals surface area (Å²) < 4.78 is 3.17. The van der Waals surface area contributed by atoms with Crippen molar-refractivity contribution in [2.75, 3.05) is 6.54 Å². The number of pyridine rings is 2. The zero-order chi connectivity index (χ0) is 19.0. The molecule has 0 saturated carbocycles. The monoisotopic (exact) mass is 353 g/mol. The van der Waals surface area contributed by atoms with Crippen LogP contribution in [0.15, 0.2) is 29.2 Å². The van der Waals surface area contributed by atoms with Crippen LogP contribution in [0.5, 0.6) is 0 Å². The van der Waals surface area contributed by atoms with Gasteiger partial charge >= 0.3 is 0 Å². The molecule has 3 aromatic rings. The van der Waals surface area contributed by atoms with Crippen LogP contribution in [-0.2, 0) is 0 Å². The predicted octanol–water partition coefficient (Wildman–Crippen LogP) is 2.16. The Balaban J connectivity index is 2.51. The van der Waals surface area contributed by atoms with Gasteiger partial charge in [0.05, 0.1) is 10.9 Å². The lowest BCUT2D eigenvalue weighted by Gasteiger charge is -2.19. The number of amides is 1. The summed E-state index contributed by atoms with van der Waals surface area (Å²) in [5, 5.41) is 11.6. The molecule has 1 atom stereocenters. The Labute approximate surface area is 150 Å². The van der Waals surface area contributed by atoms with Gasteiger partial charge in [-0.15, -0.1) is 0 Å². The highest BCUT2D eigenvalue weighted by atomic mass is 16.1. The van der Waals surface area contributed by atoms with Gasteiger partial charge in [-0.3, -0.25) is 19.4 Å². The lowest BCUT2D eigenvalue weighted by Crippen LogP contribution is -2.35. The third-order valence-corrected chi connectivity index (χ3v) is 4.61. The third-order valence-electron chi connectivity index (χ3n) is 4.61. The van der Waals surface area contributed by atoms with Gasteiger partial charge < -0.3 is 9.88 Å². The topological polar surface area (TPSA) is 92.2 Å². The Morgan fingerprint density at radius 1 is 1.35 bits per heavy atom. The van der Waals surface area contributed by atoms with Crippen LogP contribution < -0.4 is 16.4 Å². The van der Waals surface area contributed by atoms with Gasteiger partial charge in [-0.1, -0.05) is 13.0 Å².